The second-order valence-electron chi connectivity index (χ2n) is 4.89. The minimum atomic E-state index is 0.130. The van der Waals surface area contributed by atoms with Gasteiger partial charge in [-0.2, -0.15) is 0 Å². The Kier molecular flexibility index (Phi) is 3.30. The van der Waals surface area contributed by atoms with Crippen LogP contribution < -0.4 is 0 Å². The maximum Gasteiger partial charge on any atom is 0.167 e. The highest BCUT2D eigenvalue weighted by Gasteiger charge is 2.10. The van der Waals surface area contributed by atoms with Crippen LogP contribution in [0.4, 0.5) is 0 Å². The molecule has 0 radical (unpaired) electrons. The second kappa shape index (κ2) is 5.25. The van der Waals surface area contributed by atoms with E-state index in [2.05, 4.69) is 11.1 Å². The molecule has 0 atom stereocenters. The van der Waals surface area contributed by atoms with Gasteiger partial charge in [0.25, 0.3) is 0 Å². The smallest absolute Gasteiger partial charge is 0.167 e. The van der Waals surface area contributed by atoms with Gasteiger partial charge in [0.1, 0.15) is 0 Å². The van der Waals surface area contributed by atoms with E-state index < -0.39 is 0 Å². The molecule has 2 heteroatoms. The first kappa shape index (κ1) is 12.5. The molecule has 3 aromatic rings. The molecule has 0 saturated carbocycles. The Labute approximate surface area is 118 Å². The number of rotatable bonds is 3. The van der Waals surface area contributed by atoms with Crippen molar-refractivity contribution in [1.82, 2.24) is 4.98 Å². The number of nitrogens with zero attached hydrogens (tertiary/aromatic N) is 1. The van der Waals surface area contributed by atoms with Crippen LogP contribution in [0, 0.1) is 6.92 Å². The third-order valence-corrected chi connectivity index (χ3v) is 3.47. The summed E-state index contributed by atoms with van der Waals surface area (Å²) in [4.78, 5) is 16.8. The van der Waals surface area contributed by atoms with E-state index in [4.69, 9.17) is 0 Å². The molecule has 0 saturated heterocycles. The molecule has 0 N–H and O–H groups in total. The number of carbonyl (C=O) groups is 1. The lowest BCUT2D eigenvalue weighted by Crippen LogP contribution is -2.05. The molecule has 20 heavy (non-hydrogen) atoms. The van der Waals surface area contributed by atoms with Gasteiger partial charge in [0.15, 0.2) is 5.78 Å². The van der Waals surface area contributed by atoms with Crippen molar-refractivity contribution >= 4 is 16.7 Å². The third kappa shape index (κ3) is 2.45. The molecule has 0 aliphatic carbocycles. The average Bonchev–Trinajstić information content (AvgIpc) is 2.49. The molecule has 2 nitrogen and oxygen atoms in total. The molecule has 3 rings (SSSR count). The summed E-state index contributed by atoms with van der Waals surface area (Å²) < 4.78 is 0. The van der Waals surface area contributed by atoms with Crippen LogP contribution in [0.3, 0.4) is 0 Å². The zero-order valence-electron chi connectivity index (χ0n) is 11.3. The molecule has 0 fully saturated rings. The number of benzene rings is 2. The van der Waals surface area contributed by atoms with Crippen LogP contribution in [0.25, 0.3) is 10.9 Å². The van der Waals surface area contributed by atoms with Crippen molar-refractivity contribution in [3.05, 3.63) is 77.5 Å². The Bertz CT molecular complexity index is 763. The molecule has 1 aromatic heterocycles. The quantitative estimate of drug-likeness (QED) is 0.668. The summed E-state index contributed by atoms with van der Waals surface area (Å²) in [6.07, 6.45) is 0.397. The van der Waals surface area contributed by atoms with E-state index in [-0.39, 0.29) is 5.78 Å². The summed E-state index contributed by atoms with van der Waals surface area (Å²) in [5, 5.41) is 1.08. The number of fused-ring (bicyclic) bond motifs is 1. The number of aryl methyl sites for hydroxylation is 1. The van der Waals surface area contributed by atoms with Crippen LogP contribution in [0.1, 0.15) is 21.6 Å². The first-order valence-electron chi connectivity index (χ1n) is 6.67. The number of carbonyl (C=O) groups excluding carboxylic acids is 1. The zero-order chi connectivity index (χ0) is 13.9. The summed E-state index contributed by atoms with van der Waals surface area (Å²) in [5.41, 5.74) is 3.64. The minimum absolute atomic E-state index is 0.130. The highest BCUT2D eigenvalue weighted by atomic mass is 16.1. The Morgan fingerprint density at radius 1 is 1.00 bits per heavy atom. The van der Waals surface area contributed by atoms with Gasteiger partial charge in [-0.1, -0.05) is 48.5 Å². The largest absolute Gasteiger partial charge is 0.294 e. The van der Waals surface area contributed by atoms with Gasteiger partial charge in [0.2, 0.25) is 0 Å². The first-order chi connectivity index (χ1) is 9.74. The first-order valence-corrected chi connectivity index (χ1v) is 6.67. The predicted molar refractivity (Wildman–Crippen MR) is 81.0 cm³/mol. The van der Waals surface area contributed by atoms with Gasteiger partial charge < -0.3 is 0 Å². The van der Waals surface area contributed by atoms with Crippen molar-refractivity contribution in [1.29, 1.82) is 0 Å². The fraction of sp³-hybridized carbons (Fsp3) is 0.111. The summed E-state index contributed by atoms with van der Waals surface area (Å²) in [7, 11) is 0. The lowest BCUT2D eigenvalue weighted by atomic mass is 10.0. The fourth-order valence-corrected chi connectivity index (χ4v) is 2.33. The standard InChI is InChI=1S/C18H15NO/c1-13-16(11-15-9-5-6-10-17(15)19-13)12-18(20)14-7-3-2-4-8-14/h2-11H,12H2,1H3. The number of hydrogen-bond acceptors (Lipinski definition) is 2. The van der Waals surface area contributed by atoms with E-state index in [0.717, 1.165) is 27.7 Å². The molecule has 98 valence electrons. The van der Waals surface area contributed by atoms with Crippen LogP contribution in [0.2, 0.25) is 0 Å². The number of Topliss-reactive ketones (excluding diaryl/α,β-unsaturated/α-hetero) is 1. The van der Waals surface area contributed by atoms with Gasteiger partial charge in [0, 0.05) is 23.1 Å². The average molecular weight is 261 g/mol. The molecule has 0 amide bonds. The molecular weight excluding hydrogens is 246 g/mol. The van der Waals surface area contributed by atoms with E-state index >= 15 is 0 Å². The van der Waals surface area contributed by atoms with Gasteiger partial charge in [-0.25, -0.2) is 0 Å². The van der Waals surface area contributed by atoms with Crippen LogP contribution >= 0.6 is 0 Å². The molecular formula is C18H15NO. The van der Waals surface area contributed by atoms with Gasteiger partial charge in [0.05, 0.1) is 5.52 Å². The van der Waals surface area contributed by atoms with Gasteiger partial charge in [-0.05, 0) is 24.6 Å². The molecule has 0 bridgehead atoms. The van der Waals surface area contributed by atoms with Crippen molar-refractivity contribution in [2.24, 2.45) is 0 Å². The summed E-state index contributed by atoms with van der Waals surface area (Å²) in [5.74, 6) is 0.130. The highest BCUT2D eigenvalue weighted by molar-refractivity contribution is 5.98. The Morgan fingerprint density at radius 2 is 1.70 bits per heavy atom. The van der Waals surface area contributed by atoms with E-state index in [1.165, 1.54) is 0 Å². The monoisotopic (exact) mass is 261 g/mol. The maximum absolute atomic E-state index is 12.3. The van der Waals surface area contributed by atoms with Crippen molar-refractivity contribution in [3.8, 4) is 0 Å². The predicted octanol–water partition coefficient (Wildman–Crippen LogP) is 3.97. The Hall–Kier alpha value is -2.48. The molecule has 1 heterocycles. The minimum Gasteiger partial charge on any atom is -0.294 e. The topological polar surface area (TPSA) is 30.0 Å². The van der Waals surface area contributed by atoms with Gasteiger partial charge in [-0.3, -0.25) is 9.78 Å². The van der Waals surface area contributed by atoms with Crippen molar-refractivity contribution in [3.63, 3.8) is 0 Å². The van der Waals surface area contributed by atoms with E-state index in [1.807, 2.05) is 61.5 Å². The summed E-state index contributed by atoms with van der Waals surface area (Å²) in [6, 6.07) is 19.4. The number of pyridine rings is 1. The van der Waals surface area contributed by atoms with Crippen molar-refractivity contribution in [2.75, 3.05) is 0 Å². The normalized spacial score (nSPS) is 10.7. The summed E-state index contributed by atoms with van der Waals surface area (Å²) in [6.45, 7) is 1.96. The maximum atomic E-state index is 12.3. The van der Waals surface area contributed by atoms with Crippen LogP contribution in [0.5, 0.6) is 0 Å². The molecule has 0 spiro atoms. The Morgan fingerprint density at radius 3 is 2.50 bits per heavy atom. The highest BCUT2D eigenvalue weighted by Crippen LogP contribution is 2.18. The lowest BCUT2D eigenvalue weighted by Gasteiger charge is -2.07. The zero-order valence-corrected chi connectivity index (χ0v) is 11.3. The number of para-hydroxylation sites is 1. The third-order valence-electron chi connectivity index (χ3n) is 3.47. The van der Waals surface area contributed by atoms with Crippen molar-refractivity contribution in [2.45, 2.75) is 13.3 Å². The molecule has 0 aliphatic rings. The lowest BCUT2D eigenvalue weighted by molar-refractivity contribution is 0.0992. The number of aromatic nitrogens is 1. The van der Waals surface area contributed by atoms with Gasteiger partial charge >= 0.3 is 0 Å². The van der Waals surface area contributed by atoms with E-state index in [1.54, 1.807) is 0 Å². The number of ketones is 1. The van der Waals surface area contributed by atoms with Crippen LogP contribution in [0.15, 0.2) is 60.7 Å². The van der Waals surface area contributed by atoms with Crippen LogP contribution in [-0.4, -0.2) is 10.8 Å². The summed E-state index contributed by atoms with van der Waals surface area (Å²) >= 11 is 0. The number of hydrogen-bond donors (Lipinski definition) is 0. The molecule has 2 aromatic carbocycles. The molecule has 0 aliphatic heterocycles. The second-order valence-corrected chi connectivity index (χ2v) is 4.89. The van der Waals surface area contributed by atoms with E-state index in [0.29, 0.717) is 6.42 Å². The van der Waals surface area contributed by atoms with Crippen LogP contribution in [-0.2, 0) is 6.42 Å². The molecule has 0 unspecified atom stereocenters. The van der Waals surface area contributed by atoms with E-state index in [9.17, 15) is 4.79 Å². The van der Waals surface area contributed by atoms with Gasteiger partial charge in [-0.15, -0.1) is 0 Å². The SMILES string of the molecule is Cc1nc2ccccc2cc1CC(=O)c1ccccc1. The Balaban J connectivity index is 1.95. The fourth-order valence-electron chi connectivity index (χ4n) is 2.33. The van der Waals surface area contributed by atoms with Crippen molar-refractivity contribution < 1.29 is 4.79 Å².